The van der Waals surface area contributed by atoms with Gasteiger partial charge in [-0.2, -0.15) is 0 Å². The van der Waals surface area contributed by atoms with Crippen molar-refractivity contribution in [2.75, 3.05) is 25.4 Å². The molecule has 1 saturated heterocycles. The fourth-order valence-electron chi connectivity index (χ4n) is 1.92. The van der Waals surface area contributed by atoms with Gasteiger partial charge in [-0.1, -0.05) is 0 Å². The number of nitrogens with one attached hydrogen (secondary N) is 1. The topological polar surface area (TPSA) is 81.4 Å². The van der Waals surface area contributed by atoms with Crippen LogP contribution in [0.1, 0.15) is 38.5 Å². The van der Waals surface area contributed by atoms with Crippen LogP contribution in [0.3, 0.4) is 0 Å². The highest BCUT2D eigenvalue weighted by atomic mass is 32.2. The van der Waals surface area contributed by atoms with Crippen LogP contribution in [0.25, 0.3) is 0 Å². The largest absolute Gasteiger partial charge is 0.378 e. The molecule has 1 aliphatic rings. The molecule has 0 radical (unpaired) electrons. The zero-order chi connectivity index (χ0) is 12.6. The van der Waals surface area contributed by atoms with Crippen LogP contribution < -0.4 is 10.5 Å². The summed E-state index contributed by atoms with van der Waals surface area (Å²) < 4.78 is 31.3. The van der Waals surface area contributed by atoms with Crippen molar-refractivity contribution in [1.82, 2.24) is 4.72 Å². The van der Waals surface area contributed by atoms with Crippen molar-refractivity contribution in [3.63, 3.8) is 0 Å². The van der Waals surface area contributed by atoms with Gasteiger partial charge in [0.25, 0.3) is 0 Å². The third-order valence-corrected chi connectivity index (χ3v) is 4.40. The summed E-state index contributed by atoms with van der Waals surface area (Å²) in [6.45, 7) is 1.84. The Morgan fingerprint density at radius 3 is 2.76 bits per heavy atom. The van der Waals surface area contributed by atoms with Crippen LogP contribution in [0.15, 0.2) is 0 Å². The maximum absolute atomic E-state index is 11.6. The van der Waals surface area contributed by atoms with Gasteiger partial charge in [0.15, 0.2) is 0 Å². The Labute approximate surface area is 104 Å². The lowest BCUT2D eigenvalue weighted by Gasteiger charge is -2.22. The van der Waals surface area contributed by atoms with E-state index < -0.39 is 10.0 Å². The van der Waals surface area contributed by atoms with Crippen LogP contribution >= 0.6 is 0 Å². The van der Waals surface area contributed by atoms with Crippen molar-refractivity contribution in [2.45, 2.75) is 44.6 Å². The molecule has 0 aliphatic carbocycles. The molecule has 0 saturated carbocycles. The molecule has 0 bridgehead atoms. The minimum atomic E-state index is -3.12. The molecule has 1 unspecified atom stereocenters. The van der Waals surface area contributed by atoms with Crippen molar-refractivity contribution in [2.24, 2.45) is 5.73 Å². The molecule has 1 atom stereocenters. The first-order chi connectivity index (χ1) is 8.14. The summed E-state index contributed by atoms with van der Waals surface area (Å²) in [7, 11) is -3.12. The van der Waals surface area contributed by atoms with Gasteiger partial charge in [0, 0.05) is 13.2 Å². The van der Waals surface area contributed by atoms with Crippen molar-refractivity contribution < 1.29 is 13.2 Å². The average Bonchev–Trinajstić information content (AvgIpc) is 2.30. The van der Waals surface area contributed by atoms with Gasteiger partial charge in [-0.3, -0.25) is 0 Å². The smallest absolute Gasteiger partial charge is 0.211 e. The minimum Gasteiger partial charge on any atom is -0.378 e. The van der Waals surface area contributed by atoms with E-state index in [0.717, 1.165) is 32.3 Å². The van der Waals surface area contributed by atoms with Gasteiger partial charge in [-0.05, 0) is 45.1 Å². The summed E-state index contributed by atoms with van der Waals surface area (Å²) >= 11 is 0. The summed E-state index contributed by atoms with van der Waals surface area (Å²) in [4.78, 5) is 0. The van der Waals surface area contributed by atoms with Crippen LogP contribution in [0.2, 0.25) is 0 Å². The summed E-state index contributed by atoms with van der Waals surface area (Å²) in [5.41, 5.74) is 5.32. The Morgan fingerprint density at radius 2 is 2.12 bits per heavy atom. The van der Waals surface area contributed by atoms with Gasteiger partial charge < -0.3 is 10.5 Å². The Balaban J connectivity index is 2.11. The van der Waals surface area contributed by atoms with Gasteiger partial charge in [0.2, 0.25) is 10.0 Å². The first-order valence-electron chi connectivity index (χ1n) is 6.43. The Kier molecular flexibility index (Phi) is 7.03. The van der Waals surface area contributed by atoms with E-state index in [9.17, 15) is 8.42 Å². The number of sulfonamides is 1. The zero-order valence-corrected chi connectivity index (χ0v) is 11.2. The van der Waals surface area contributed by atoms with Gasteiger partial charge in [-0.25, -0.2) is 13.1 Å². The SMILES string of the molecule is NCCCCS(=O)(=O)NCCC1CCCCO1. The van der Waals surface area contributed by atoms with E-state index in [2.05, 4.69) is 4.72 Å². The van der Waals surface area contributed by atoms with E-state index in [1.165, 1.54) is 6.42 Å². The number of hydrogen-bond donors (Lipinski definition) is 2. The first-order valence-corrected chi connectivity index (χ1v) is 8.08. The molecule has 1 aliphatic heterocycles. The Bertz CT molecular complexity index is 287. The molecular formula is C11H24N2O3S. The zero-order valence-electron chi connectivity index (χ0n) is 10.4. The number of unbranched alkanes of at least 4 members (excludes halogenated alkanes) is 1. The maximum atomic E-state index is 11.6. The van der Waals surface area contributed by atoms with E-state index in [4.69, 9.17) is 10.5 Å². The predicted octanol–water partition coefficient (Wildman–Crippen LogP) is 0.604. The molecule has 1 rings (SSSR count). The minimum absolute atomic E-state index is 0.176. The molecule has 102 valence electrons. The summed E-state index contributed by atoms with van der Waals surface area (Å²) in [6, 6.07) is 0. The van der Waals surface area contributed by atoms with Crippen LogP contribution in [0, 0.1) is 0 Å². The summed E-state index contributed by atoms with van der Waals surface area (Å²) in [5, 5.41) is 0. The molecule has 0 aromatic carbocycles. The van der Waals surface area contributed by atoms with Gasteiger partial charge in [0.1, 0.15) is 0 Å². The second-order valence-electron chi connectivity index (χ2n) is 4.49. The number of hydrogen-bond acceptors (Lipinski definition) is 4. The van der Waals surface area contributed by atoms with Crippen molar-refractivity contribution in [3.05, 3.63) is 0 Å². The van der Waals surface area contributed by atoms with Gasteiger partial charge in [-0.15, -0.1) is 0 Å². The molecule has 1 fully saturated rings. The van der Waals surface area contributed by atoms with Crippen molar-refractivity contribution in [1.29, 1.82) is 0 Å². The molecule has 5 nitrogen and oxygen atoms in total. The van der Waals surface area contributed by atoms with E-state index in [1.807, 2.05) is 0 Å². The standard InChI is InChI=1S/C11H24N2O3S/c12-7-2-4-10-17(14,15)13-8-6-11-5-1-3-9-16-11/h11,13H,1-10,12H2. The second kappa shape index (κ2) is 8.02. The highest BCUT2D eigenvalue weighted by Gasteiger charge is 2.15. The maximum Gasteiger partial charge on any atom is 0.211 e. The molecule has 0 spiro atoms. The van der Waals surface area contributed by atoms with Gasteiger partial charge in [0.05, 0.1) is 11.9 Å². The van der Waals surface area contributed by atoms with E-state index in [1.54, 1.807) is 0 Å². The molecule has 17 heavy (non-hydrogen) atoms. The monoisotopic (exact) mass is 264 g/mol. The van der Waals surface area contributed by atoms with E-state index >= 15 is 0 Å². The van der Waals surface area contributed by atoms with Crippen molar-refractivity contribution >= 4 is 10.0 Å². The molecule has 3 N–H and O–H groups in total. The third-order valence-electron chi connectivity index (χ3n) is 2.93. The average molecular weight is 264 g/mol. The summed E-state index contributed by atoms with van der Waals surface area (Å²) in [5.74, 6) is 0.176. The fourth-order valence-corrected chi connectivity index (χ4v) is 3.08. The molecule has 0 amide bonds. The normalized spacial score (nSPS) is 21.6. The Hall–Kier alpha value is -0.170. The molecule has 1 heterocycles. The quantitative estimate of drug-likeness (QED) is 0.629. The van der Waals surface area contributed by atoms with Gasteiger partial charge >= 0.3 is 0 Å². The summed E-state index contributed by atoms with van der Waals surface area (Å²) in [6.07, 6.45) is 5.76. The lowest BCUT2D eigenvalue weighted by atomic mass is 10.1. The Morgan fingerprint density at radius 1 is 1.29 bits per heavy atom. The van der Waals surface area contributed by atoms with Crippen LogP contribution in [0.4, 0.5) is 0 Å². The molecule has 0 aromatic rings. The van der Waals surface area contributed by atoms with Crippen molar-refractivity contribution in [3.8, 4) is 0 Å². The van der Waals surface area contributed by atoms with Crippen LogP contribution in [0.5, 0.6) is 0 Å². The lowest BCUT2D eigenvalue weighted by molar-refractivity contribution is 0.0123. The van der Waals surface area contributed by atoms with Crippen LogP contribution in [-0.4, -0.2) is 40.0 Å². The number of ether oxygens (including phenoxy) is 1. The number of rotatable bonds is 8. The molecule has 6 heteroatoms. The predicted molar refractivity (Wildman–Crippen MR) is 68.3 cm³/mol. The fraction of sp³-hybridized carbons (Fsp3) is 1.00. The lowest BCUT2D eigenvalue weighted by Crippen LogP contribution is -2.31. The molecular weight excluding hydrogens is 240 g/mol. The third kappa shape index (κ3) is 6.98. The second-order valence-corrected chi connectivity index (χ2v) is 6.41. The van der Waals surface area contributed by atoms with E-state index in [-0.39, 0.29) is 11.9 Å². The number of nitrogens with two attached hydrogens (primary N) is 1. The highest BCUT2D eigenvalue weighted by molar-refractivity contribution is 7.89. The highest BCUT2D eigenvalue weighted by Crippen LogP contribution is 2.14. The first kappa shape index (κ1) is 14.9. The van der Waals surface area contributed by atoms with Crippen LogP contribution in [-0.2, 0) is 14.8 Å². The molecule has 0 aromatic heterocycles. The van der Waals surface area contributed by atoms with E-state index in [0.29, 0.717) is 19.5 Å².